The Bertz CT molecular complexity index is 262. The fraction of sp³-hybridized carbons (Fsp3) is 0.917. The second kappa shape index (κ2) is 6.61. The fourth-order valence-corrected chi connectivity index (χ4v) is 3.65. The zero-order chi connectivity index (χ0) is 12.9. The van der Waals surface area contributed by atoms with Crippen LogP contribution in [0.5, 0.6) is 0 Å². The molecule has 3 atom stereocenters. The number of ether oxygens (including phenoxy) is 1. The van der Waals surface area contributed by atoms with Crippen LogP contribution < -0.4 is 5.32 Å². The van der Waals surface area contributed by atoms with E-state index in [-0.39, 0.29) is 17.8 Å². The minimum absolute atomic E-state index is 0.137. The molecule has 4 nitrogen and oxygen atoms in total. The van der Waals surface area contributed by atoms with Crippen molar-refractivity contribution in [2.24, 2.45) is 0 Å². The van der Waals surface area contributed by atoms with Crippen LogP contribution in [0.3, 0.4) is 0 Å². The normalized spacial score (nSPS) is 30.2. The van der Waals surface area contributed by atoms with Gasteiger partial charge in [0, 0.05) is 10.5 Å². The van der Waals surface area contributed by atoms with E-state index in [1.807, 2.05) is 20.9 Å². The topological polar surface area (TPSA) is 58.6 Å². The third-order valence-corrected chi connectivity index (χ3v) is 4.70. The lowest BCUT2D eigenvalue weighted by Crippen LogP contribution is -2.49. The first kappa shape index (κ1) is 14.8. The van der Waals surface area contributed by atoms with Gasteiger partial charge in [0.15, 0.2) is 0 Å². The van der Waals surface area contributed by atoms with Gasteiger partial charge in [0.05, 0.1) is 13.2 Å². The van der Waals surface area contributed by atoms with Crippen LogP contribution in [-0.2, 0) is 9.53 Å². The number of aliphatic hydroxyl groups excluding tert-OH is 1. The fourth-order valence-electron chi connectivity index (χ4n) is 2.27. The molecule has 1 fully saturated rings. The van der Waals surface area contributed by atoms with Crippen LogP contribution in [0.4, 0.5) is 0 Å². The van der Waals surface area contributed by atoms with E-state index < -0.39 is 5.54 Å². The van der Waals surface area contributed by atoms with Crippen molar-refractivity contribution in [1.29, 1.82) is 0 Å². The molecule has 3 unspecified atom stereocenters. The molecule has 100 valence electrons. The Labute approximate surface area is 107 Å². The van der Waals surface area contributed by atoms with E-state index in [9.17, 15) is 4.79 Å². The number of rotatable bonds is 6. The molecule has 1 rings (SSSR count). The number of esters is 1. The lowest BCUT2D eigenvalue weighted by molar-refractivity contribution is -0.150. The molecule has 1 aliphatic rings. The highest BCUT2D eigenvalue weighted by atomic mass is 32.2. The van der Waals surface area contributed by atoms with Gasteiger partial charge in [-0.2, -0.15) is 11.8 Å². The van der Waals surface area contributed by atoms with Crippen molar-refractivity contribution >= 4 is 17.7 Å². The summed E-state index contributed by atoms with van der Waals surface area (Å²) in [6.45, 7) is 4.45. The highest BCUT2D eigenvalue weighted by Crippen LogP contribution is 2.39. The van der Waals surface area contributed by atoms with Gasteiger partial charge in [0.25, 0.3) is 0 Å². The first-order valence-corrected chi connectivity index (χ1v) is 7.14. The van der Waals surface area contributed by atoms with Crippen molar-refractivity contribution in [2.75, 3.05) is 20.3 Å². The van der Waals surface area contributed by atoms with Gasteiger partial charge < -0.3 is 15.2 Å². The quantitative estimate of drug-likeness (QED) is 0.703. The van der Waals surface area contributed by atoms with Crippen LogP contribution in [0.1, 0.15) is 33.1 Å². The van der Waals surface area contributed by atoms with Crippen LogP contribution >= 0.6 is 11.8 Å². The number of carbonyl (C=O) groups excluding carboxylic acids is 1. The maximum Gasteiger partial charge on any atom is 0.326 e. The second-order valence-corrected chi connectivity index (χ2v) is 6.29. The average molecular weight is 261 g/mol. The van der Waals surface area contributed by atoms with Gasteiger partial charge in [-0.15, -0.1) is 0 Å². The van der Waals surface area contributed by atoms with Gasteiger partial charge >= 0.3 is 5.97 Å². The molecular weight excluding hydrogens is 238 g/mol. The molecule has 0 aromatic heterocycles. The molecule has 0 aromatic carbocycles. The predicted octanol–water partition coefficient (Wildman–Crippen LogP) is 1.17. The number of hydrogen-bond acceptors (Lipinski definition) is 5. The van der Waals surface area contributed by atoms with E-state index in [0.717, 1.165) is 19.3 Å². The molecule has 0 heterocycles. The van der Waals surface area contributed by atoms with E-state index >= 15 is 0 Å². The minimum atomic E-state index is -0.511. The first-order valence-electron chi connectivity index (χ1n) is 6.20. The van der Waals surface area contributed by atoms with E-state index in [4.69, 9.17) is 9.84 Å². The smallest absolute Gasteiger partial charge is 0.326 e. The summed E-state index contributed by atoms with van der Waals surface area (Å²) in [7, 11) is 1.82. The van der Waals surface area contributed by atoms with Gasteiger partial charge in [-0.1, -0.05) is 6.92 Å². The van der Waals surface area contributed by atoms with Crippen molar-refractivity contribution in [1.82, 2.24) is 5.32 Å². The SMILES string of the molecule is CCOC(=O)C1(NC)CCC(SC(C)CO)C1. The highest BCUT2D eigenvalue weighted by Gasteiger charge is 2.45. The molecule has 0 radical (unpaired) electrons. The molecule has 5 heteroatoms. The van der Waals surface area contributed by atoms with E-state index in [0.29, 0.717) is 11.9 Å². The van der Waals surface area contributed by atoms with Gasteiger partial charge in [0.1, 0.15) is 5.54 Å². The third kappa shape index (κ3) is 3.60. The number of nitrogens with one attached hydrogen (secondary N) is 1. The summed E-state index contributed by atoms with van der Waals surface area (Å²) >= 11 is 1.76. The third-order valence-electron chi connectivity index (χ3n) is 3.30. The van der Waals surface area contributed by atoms with Crippen LogP contribution in [0.15, 0.2) is 0 Å². The van der Waals surface area contributed by atoms with Crippen molar-refractivity contribution < 1.29 is 14.6 Å². The average Bonchev–Trinajstić information content (AvgIpc) is 2.74. The second-order valence-electron chi connectivity index (χ2n) is 4.55. The highest BCUT2D eigenvalue weighted by molar-refractivity contribution is 8.00. The summed E-state index contributed by atoms with van der Waals surface area (Å²) in [6.07, 6.45) is 2.60. The van der Waals surface area contributed by atoms with E-state index in [1.165, 1.54) is 0 Å². The molecule has 17 heavy (non-hydrogen) atoms. The number of carbonyl (C=O) groups is 1. The molecule has 0 amide bonds. The Balaban J connectivity index is 2.57. The van der Waals surface area contributed by atoms with Crippen LogP contribution in [0.25, 0.3) is 0 Å². The first-order chi connectivity index (χ1) is 8.07. The summed E-state index contributed by atoms with van der Waals surface area (Å²) in [5.41, 5.74) is -0.511. The largest absolute Gasteiger partial charge is 0.465 e. The van der Waals surface area contributed by atoms with Crippen LogP contribution in [0.2, 0.25) is 0 Å². The Morgan fingerprint density at radius 2 is 2.41 bits per heavy atom. The van der Waals surface area contributed by atoms with Crippen molar-refractivity contribution in [3.63, 3.8) is 0 Å². The Morgan fingerprint density at radius 1 is 1.71 bits per heavy atom. The molecule has 0 spiro atoms. The molecule has 2 N–H and O–H groups in total. The predicted molar refractivity (Wildman–Crippen MR) is 70.2 cm³/mol. The minimum Gasteiger partial charge on any atom is -0.465 e. The number of aliphatic hydroxyl groups is 1. The number of likely N-dealkylation sites (N-methyl/N-ethyl adjacent to an activating group) is 1. The molecule has 0 saturated heterocycles. The number of hydrogen-bond donors (Lipinski definition) is 2. The van der Waals surface area contributed by atoms with Gasteiger partial charge in [0.2, 0.25) is 0 Å². The van der Waals surface area contributed by atoms with Crippen LogP contribution in [-0.4, -0.2) is 47.4 Å². The molecule has 0 aromatic rings. The van der Waals surface area contributed by atoms with Gasteiger partial charge in [-0.3, -0.25) is 4.79 Å². The summed E-state index contributed by atoms with van der Waals surface area (Å²) in [5, 5.41) is 12.8. The van der Waals surface area contributed by atoms with Crippen molar-refractivity contribution in [3.05, 3.63) is 0 Å². The summed E-state index contributed by atoms with van der Waals surface area (Å²) in [6, 6.07) is 0. The standard InChI is InChI=1S/C12H23NO3S/c1-4-16-11(15)12(13-3)6-5-10(7-12)17-9(2)8-14/h9-10,13-14H,4-8H2,1-3H3. The monoisotopic (exact) mass is 261 g/mol. The molecular formula is C12H23NO3S. The van der Waals surface area contributed by atoms with Gasteiger partial charge in [-0.25, -0.2) is 0 Å². The summed E-state index contributed by atoms with van der Waals surface area (Å²) in [4.78, 5) is 12.0. The molecule has 1 aliphatic carbocycles. The van der Waals surface area contributed by atoms with E-state index in [2.05, 4.69) is 5.32 Å². The maximum absolute atomic E-state index is 12.0. The Morgan fingerprint density at radius 3 is 2.94 bits per heavy atom. The van der Waals surface area contributed by atoms with E-state index in [1.54, 1.807) is 11.8 Å². The zero-order valence-electron chi connectivity index (χ0n) is 10.9. The summed E-state index contributed by atoms with van der Waals surface area (Å²) < 4.78 is 5.14. The lowest BCUT2D eigenvalue weighted by Gasteiger charge is -2.26. The molecule has 1 saturated carbocycles. The van der Waals surface area contributed by atoms with Gasteiger partial charge in [-0.05, 0) is 33.2 Å². The Kier molecular flexibility index (Phi) is 5.76. The molecule has 0 aliphatic heterocycles. The zero-order valence-corrected chi connectivity index (χ0v) is 11.7. The van der Waals surface area contributed by atoms with Crippen LogP contribution in [0, 0.1) is 0 Å². The Hall–Kier alpha value is -0.260. The number of thioether (sulfide) groups is 1. The van der Waals surface area contributed by atoms with Crippen molar-refractivity contribution in [2.45, 2.75) is 49.1 Å². The maximum atomic E-state index is 12.0. The lowest BCUT2D eigenvalue weighted by atomic mass is 9.98. The van der Waals surface area contributed by atoms with Crippen molar-refractivity contribution in [3.8, 4) is 0 Å². The molecule has 0 bridgehead atoms. The summed E-state index contributed by atoms with van der Waals surface area (Å²) in [5.74, 6) is -0.137.